The molecule has 112 valence electrons. The molecule has 20 heavy (non-hydrogen) atoms. The second-order valence-electron chi connectivity index (χ2n) is 3.72. The van der Waals surface area contributed by atoms with E-state index in [0.717, 1.165) is 0 Å². The summed E-state index contributed by atoms with van der Waals surface area (Å²) in [6.07, 6.45) is 0.609. The Kier molecular flexibility index (Phi) is 3.89. The van der Waals surface area contributed by atoms with Gasteiger partial charge in [-0.3, -0.25) is 0 Å². The molecule has 0 atom stereocenters. The highest BCUT2D eigenvalue weighted by Gasteiger charge is 2.47. The van der Waals surface area contributed by atoms with Gasteiger partial charge in [-0.25, -0.2) is 21.6 Å². The van der Waals surface area contributed by atoms with Crippen LogP contribution in [0.3, 0.4) is 0 Å². The van der Waals surface area contributed by atoms with Crippen LogP contribution >= 0.6 is 0 Å². The van der Waals surface area contributed by atoms with Crippen molar-refractivity contribution < 1.29 is 39.9 Å². The lowest BCUT2D eigenvalue weighted by Crippen LogP contribution is -2.24. The maximum absolute atomic E-state index is 12.4. The van der Waals surface area contributed by atoms with E-state index >= 15 is 0 Å². The van der Waals surface area contributed by atoms with E-state index in [9.17, 15) is 34.8 Å². The number of carbonyl (C=O) groups is 1. The van der Waals surface area contributed by atoms with Gasteiger partial charge in [0, 0.05) is 6.26 Å². The third-order valence-electron chi connectivity index (χ3n) is 2.17. The Balaban J connectivity index is 3.75. The van der Waals surface area contributed by atoms with Crippen LogP contribution in [0.2, 0.25) is 0 Å². The molecular formula is C9H7F3O6S2. The molecule has 1 rings (SSSR count). The van der Waals surface area contributed by atoms with Gasteiger partial charge in [0.05, 0.1) is 15.4 Å². The molecule has 1 N–H and O–H groups in total. The molecule has 0 amide bonds. The van der Waals surface area contributed by atoms with Gasteiger partial charge in [-0.1, -0.05) is 0 Å². The summed E-state index contributed by atoms with van der Waals surface area (Å²) >= 11 is 0. The first-order valence-corrected chi connectivity index (χ1v) is 8.04. The van der Waals surface area contributed by atoms with Crippen molar-refractivity contribution in [2.24, 2.45) is 0 Å². The molecule has 0 spiro atoms. The molecule has 0 aliphatic carbocycles. The van der Waals surface area contributed by atoms with Crippen LogP contribution in [0.1, 0.15) is 10.4 Å². The van der Waals surface area contributed by atoms with Gasteiger partial charge in [0.2, 0.25) is 0 Å². The molecule has 0 aliphatic rings. The smallest absolute Gasteiger partial charge is 0.478 e. The van der Waals surface area contributed by atoms with Crippen molar-refractivity contribution in [1.82, 2.24) is 0 Å². The Morgan fingerprint density at radius 1 is 1.05 bits per heavy atom. The van der Waals surface area contributed by atoms with Crippen LogP contribution < -0.4 is 0 Å². The SMILES string of the molecule is CS(=O)(=O)c1cc(C(=O)O)cc(S(=O)(=O)C(F)(F)F)c1. The van der Waals surface area contributed by atoms with Crippen LogP contribution in [0.15, 0.2) is 28.0 Å². The zero-order valence-corrected chi connectivity index (χ0v) is 11.3. The van der Waals surface area contributed by atoms with Gasteiger partial charge in [0.1, 0.15) is 0 Å². The second kappa shape index (κ2) is 4.74. The van der Waals surface area contributed by atoms with E-state index in [2.05, 4.69) is 0 Å². The Hall–Kier alpha value is -1.62. The third-order valence-corrected chi connectivity index (χ3v) is 4.73. The average molecular weight is 332 g/mol. The van der Waals surface area contributed by atoms with E-state index in [1.54, 1.807) is 0 Å². The van der Waals surface area contributed by atoms with Crippen LogP contribution in [0.4, 0.5) is 13.2 Å². The molecule has 6 nitrogen and oxygen atoms in total. The maximum atomic E-state index is 12.4. The fraction of sp³-hybridized carbons (Fsp3) is 0.222. The second-order valence-corrected chi connectivity index (χ2v) is 7.68. The summed E-state index contributed by atoms with van der Waals surface area (Å²) in [5.74, 6) is -1.76. The molecule has 0 fully saturated rings. The van der Waals surface area contributed by atoms with Gasteiger partial charge in [-0.2, -0.15) is 13.2 Å². The third kappa shape index (κ3) is 3.10. The fourth-order valence-corrected chi connectivity index (χ4v) is 2.79. The number of carboxylic acid groups (broad SMARTS) is 1. The lowest BCUT2D eigenvalue weighted by atomic mass is 10.2. The lowest BCUT2D eigenvalue weighted by Gasteiger charge is -2.10. The molecule has 0 unspecified atom stereocenters. The van der Waals surface area contributed by atoms with E-state index in [1.165, 1.54) is 0 Å². The topological polar surface area (TPSA) is 106 Å². The summed E-state index contributed by atoms with van der Waals surface area (Å²) in [5.41, 5.74) is -6.55. The molecule has 0 bridgehead atoms. The summed E-state index contributed by atoms with van der Waals surface area (Å²) in [7, 11) is -9.93. The molecular weight excluding hydrogens is 325 g/mol. The van der Waals surface area contributed by atoms with Gasteiger partial charge in [-0.15, -0.1) is 0 Å². The molecule has 11 heteroatoms. The first-order valence-electron chi connectivity index (χ1n) is 4.66. The van der Waals surface area contributed by atoms with Crippen molar-refractivity contribution in [2.45, 2.75) is 15.3 Å². The standard InChI is InChI=1S/C9H7F3O6S2/c1-19(15,16)6-2-5(8(13)14)3-7(4-6)20(17,18)9(10,11)12/h2-4H,1H3,(H,13,14). The quantitative estimate of drug-likeness (QED) is 0.888. The number of aromatic carboxylic acids is 1. The highest BCUT2D eigenvalue weighted by molar-refractivity contribution is 7.92. The van der Waals surface area contributed by atoms with Crippen LogP contribution in [0.25, 0.3) is 0 Å². The van der Waals surface area contributed by atoms with Gasteiger partial charge >= 0.3 is 11.5 Å². The zero-order valence-electron chi connectivity index (χ0n) is 9.67. The number of benzene rings is 1. The number of hydrogen-bond acceptors (Lipinski definition) is 5. The molecule has 0 radical (unpaired) electrons. The molecule has 0 saturated carbocycles. The number of sulfone groups is 2. The molecule has 0 saturated heterocycles. The normalized spacial score (nSPS) is 13.2. The predicted octanol–water partition coefficient (Wildman–Crippen LogP) is 1.08. The van der Waals surface area contributed by atoms with Gasteiger partial charge in [0.15, 0.2) is 9.84 Å². The van der Waals surface area contributed by atoms with Gasteiger partial charge in [0.25, 0.3) is 9.84 Å². The Labute approximate surface area is 111 Å². The molecule has 1 aromatic carbocycles. The molecule has 0 heterocycles. The van der Waals surface area contributed by atoms with Crippen LogP contribution in [0.5, 0.6) is 0 Å². The minimum atomic E-state index is -5.84. The van der Waals surface area contributed by atoms with Gasteiger partial charge in [-0.05, 0) is 18.2 Å². The van der Waals surface area contributed by atoms with Crippen molar-refractivity contribution in [3.05, 3.63) is 23.8 Å². The monoisotopic (exact) mass is 332 g/mol. The predicted molar refractivity (Wildman–Crippen MR) is 59.8 cm³/mol. The van der Waals surface area contributed by atoms with Crippen molar-refractivity contribution in [3.8, 4) is 0 Å². The summed E-state index contributed by atoms with van der Waals surface area (Å²) < 4.78 is 82.1. The molecule has 1 aromatic rings. The number of carboxylic acids is 1. The minimum absolute atomic E-state index is 0.250. The fourth-order valence-electron chi connectivity index (χ4n) is 1.20. The first-order chi connectivity index (χ1) is 8.76. The lowest BCUT2D eigenvalue weighted by molar-refractivity contribution is -0.0436. The highest BCUT2D eigenvalue weighted by Crippen LogP contribution is 2.32. The number of rotatable bonds is 3. The number of alkyl halides is 3. The van der Waals surface area contributed by atoms with Gasteiger partial charge < -0.3 is 5.11 Å². The van der Waals surface area contributed by atoms with Crippen molar-refractivity contribution >= 4 is 25.6 Å². The summed E-state index contributed by atoms with van der Waals surface area (Å²) in [5, 5.41) is 8.70. The largest absolute Gasteiger partial charge is 0.501 e. The molecule has 0 aliphatic heterocycles. The van der Waals surface area contributed by atoms with E-state index in [4.69, 9.17) is 5.11 Å². The summed E-state index contributed by atoms with van der Waals surface area (Å²) in [6, 6.07) is 1.09. The van der Waals surface area contributed by atoms with E-state index in [0.29, 0.717) is 12.3 Å². The zero-order chi connectivity index (χ0) is 15.9. The average Bonchev–Trinajstić information content (AvgIpc) is 2.25. The first kappa shape index (κ1) is 16.4. The Bertz CT molecular complexity index is 761. The Morgan fingerprint density at radius 3 is 1.85 bits per heavy atom. The van der Waals surface area contributed by atoms with E-state index in [-0.39, 0.29) is 12.1 Å². The minimum Gasteiger partial charge on any atom is -0.478 e. The van der Waals surface area contributed by atoms with Crippen molar-refractivity contribution in [1.29, 1.82) is 0 Å². The maximum Gasteiger partial charge on any atom is 0.501 e. The van der Waals surface area contributed by atoms with Crippen molar-refractivity contribution in [2.75, 3.05) is 6.26 Å². The Morgan fingerprint density at radius 2 is 1.50 bits per heavy atom. The number of halogens is 3. The van der Waals surface area contributed by atoms with E-state index < -0.39 is 46.5 Å². The highest BCUT2D eigenvalue weighted by atomic mass is 32.2. The van der Waals surface area contributed by atoms with Crippen LogP contribution in [0, 0.1) is 0 Å². The van der Waals surface area contributed by atoms with Crippen LogP contribution in [-0.2, 0) is 19.7 Å². The van der Waals surface area contributed by atoms with Crippen molar-refractivity contribution in [3.63, 3.8) is 0 Å². The van der Waals surface area contributed by atoms with E-state index in [1.807, 2.05) is 0 Å². The summed E-state index contributed by atoms with van der Waals surface area (Å²) in [6.45, 7) is 0. The summed E-state index contributed by atoms with van der Waals surface area (Å²) in [4.78, 5) is 8.47. The number of hydrogen-bond donors (Lipinski definition) is 1. The molecule has 0 aromatic heterocycles. The van der Waals surface area contributed by atoms with Crippen LogP contribution in [-0.4, -0.2) is 39.7 Å².